The number of likely N-dealkylation sites (N-methyl/N-ethyl adjacent to an activating group) is 1. The van der Waals surface area contributed by atoms with Crippen molar-refractivity contribution in [3.63, 3.8) is 0 Å². The van der Waals surface area contributed by atoms with Crippen molar-refractivity contribution in [3.8, 4) is 50.7 Å². The van der Waals surface area contributed by atoms with Gasteiger partial charge in [-0.2, -0.15) is 22.7 Å². The lowest BCUT2D eigenvalue weighted by atomic mass is 9.93. The van der Waals surface area contributed by atoms with Gasteiger partial charge in [-0.25, -0.2) is 22.2 Å². The van der Waals surface area contributed by atoms with Crippen LogP contribution in [0.25, 0.3) is 45.0 Å². The van der Waals surface area contributed by atoms with Crippen molar-refractivity contribution in [2.45, 2.75) is 31.0 Å². The first-order valence-corrected chi connectivity index (χ1v) is 16.0. The van der Waals surface area contributed by atoms with E-state index < -0.39 is 68.4 Å². The Balaban J connectivity index is 1.79. The number of carbonyl (C=O) groups excluding carboxylic acids is 1. The van der Waals surface area contributed by atoms with Crippen LogP contribution in [0.15, 0.2) is 63.9 Å². The van der Waals surface area contributed by atoms with E-state index in [0.717, 1.165) is 48.3 Å². The lowest BCUT2D eigenvalue weighted by Crippen LogP contribution is -2.36. The van der Waals surface area contributed by atoms with E-state index in [9.17, 15) is 40.3 Å². The summed E-state index contributed by atoms with van der Waals surface area (Å²) in [7, 11) is -1.66. The van der Waals surface area contributed by atoms with Gasteiger partial charge in [-0.1, -0.05) is 12.1 Å². The number of rotatable bonds is 10. The van der Waals surface area contributed by atoms with Crippen LogP contribution in [0.1, 0.15) is 17.1 Å². The second kappa shape index (κ2) is 13.0. The van der Waals surface area contributed by atoms with Crippen molar-refractivity contribution in [2.75, 3.05) is 13.3 Å². The number of sulfone groups is 1. The number of carbonyl (C=O) groups is 1. The highest BCUT2D eigenvalue weighted by Gasteiger charge is 2.43. The normalized spacial score (nSPS) is 12.1. The summed E-state index contributed by atoms with van der Waals surface area (Å²) in [6.07, 6.45) is 0.841. The molecule has 17 heteroatoms. The predicted octanol–water partition coefficient (Wildman–Crippen LogP) is 6.00. The van der Waals surface area contributed by atoms with Crippen LogP contribution in [0.2, 0.25) is 0 Å². The lowest BCUT2D eigenvalue weighted by molar-refractivity contribution is -0.147. The van der Waals surface area contributed by atoms with Gasteiger partial charge in [0.05, 0.1) is 17.2 Å². The monoisotopic (exact) mass is 708 g/mol. The summed E-state index contributed by atoms with van der Waals surface area (Å²) in [6, 6.07) is 10.4. The minimum Gasteiger partial charge on any atom is -0.440 e. The number of hydrogen-bond donors (Lipinski definition) is 2. The number of oxazole rings is 1. The van der Waals surface area contributed by atoms with Crippen molar-refractivity contribution in [3.05, 3.63) is 83.4 Å². The minimum absolute atomic E-state index is 0.0184. The Bertz CT molecular complexity index is 2200. The number of aliphatic hydroxyl groups excluding tert-OH is 1. The summed E-state index contributed by atoms with van der Waals surface area (Å²) < 4.78 is 122. The molecular weight excluding hydrogens is 682 g/mol. The Kier molecular flexibility index (Phi) is 9.35. The Morgan fingerprint density at radius 3 is 2.31 bits per heavy atom. The molecule has 3 aromatic carbocycles. The van der Waals surface area contributed by atoms with Crippen LogP contribution < -0.4 is 10.1 Å². The first-order chi connectivity index (χ1) is 23.0. The predicted molar refractivity (Wildman–Crippen MR) is 163 cm³/mol. The van der Waals surface area contributed by atoms with Gasteiger partial charge in [0.25, 0.3) is 5.91 Å². The molecule has 0 aliphatic rings. The van der Waals surface area contributed by atoms with E-state index in [2.05, 4.69) is 14.8 Å². The molecule has 0 saturated heterocycles. The summed E-state index contributed by atoms with van der Waals surface area (Å²) >= 11 is 0. The highest BCUT2D eigenvalue weighted by atomic mass is 32.2. The quantitative estimate of drug-likeness (QED) is 0.169. The molecule has 0 aliphatic carbocycles. The average molecular weight is 709 g/mol. The molecule has 0 aliphatic heterocycles. The van der Waals surface area contributed by atoms with E-state index in [4.69, 9.17) is 4.42 Å². The molecule has 10 nitrogen and oxygen atoms in total. The molecule has 0 radical (unpaired) electrons. The van der Waals surface area contributed by atoms with Crippen LogP contribution in [-0.4, -0.2) is 54.1 Å². The molecule has 0 spiro atoms. The number of nitrogens with zero attached hydrogens (tertiary/aromatic N) is 3. The largest absolute Gasteiger partial charge is 0.440 e. The van der Waals surface area contributed by atoms with Crippen molar-refractivity contribution in [1.29, 1.82) is 0 Å². The maximum absolute atomic E-state index is 15.1. The third-order valence-electron chi connectivity index (χ3n) is 7.45. The molecule has 2 heterocycles. The smallest absolute Gasteiger partial charge is 0.387 e. The van der Waals surface area contributed by atoms with E-state index in [0.29, 0.717) is 0 Å². The fourth-order valence-corrected chi connectivity index (χ4v) is 6.14. The molecule has 258 valence electrons. The number of ether oxygens (including phenoxy) is 1. The number of alkyl halides is 4. The number of nitrogens with one attached hydrogen (secondary N) is 1. The first-order valence-electron chi connectivity index (χ1n) is 14.1. The van der Waals surface area contributed by atoms with E-state index in [-0.39, 0.29) is 50.9 Å². The van der Waals surface area contributed by atoms with Crippen LogP contribution in [0.5, 0.6) is 5.75 Å². The van der Waals surface area contributed by atoms with Crippen molar-refractivity contribution >= 4 is 15.7 Å². The second-order valence-corrected chi connectivity index (χ2v) is 12.7. The first kappa shape index (κ1) is 35.2. The Morgan fingerprint density at radius 1 is 1.02 bits per heavy atom. The van der Waals surface area contributed by atoms with Gasteiger partial charge in [0.1, 0.15) is 17.2 Å². The topological polar surface area (TPSA) is 137 Å². The third-order valence-corrected chi connectivity index (χ3v) is 8.62. The van der Waals surface area contributed by atoms with Gasteiger partial charge in [0.2, 0.25) is 0 Å². The van der Waals surface area contributed by atoms with Gasteiger partial charge in [0, 0.05) is 49.5 Å². The fourth-order valence-electron chi connectivity index (χ4n) is 5.19. The summed E-state index contributed by atoms with van der Waals surface area (Å²) in [5.74, 6) is -8.59. The molecule has 1 amide bonds. The summed E-state index contributed by atoms with van der Waals surface area (Å²) in [5, 5.41) is 15.4. The van der Waals surface area contributed by atoms with Gasteiger partial charge >= 0.3 is 12.5 Å². The van der Waals surface area contributed by atoms with Crippen molar-refractivity contribution in [2.24, 2.45) is 7.05 Å². The SMILES string of the molecule is CNC(=O)C(F)(F)c1cc(-c2ccc(-c3cc(F)c(CO)c(S(C)(=O)=O)c3)cc2-c2oc(C)nc2-c2ccc(OC(F)F)c(F)c2)n(C)n1. The van der Waals surface area contributed by atoms with Crippen molar-refractivity contribution < 1.29 is 53.8 Å². The van der Waals surface area contributed by atoms with Gasteiger partial charge in [-0.05, 0) is 53.6 Å². The standard InChI is InChI=1S/C32H26F6N4O6S/c1-15-40-28(17-6-8-25(23(34)10-17)48-31(35)36)29(47-15)20-9-16(18-11-22(33)21(14-43)26(12-18)49(4,45)46)5-7-19(20)24-13-27(41-42(24)3)32(37,38)30(44)39-2/h5-13,31,43H,14H2,1-4H3,(H,39,44). The van der Waals surface area contributed by atoms with E-state index in [1.54, 1.807) is 0 Å². The Hall–Kier alpha value is -5.16. The molecule has 0 fully saturated rings. The Labute approximate surface area is 274 Å². The minimum atomic E-state index is -4.04. The van der Waals surface area contributed by atoms with E-state index in [1.807, 2.05) is 5.32 Å². The van der Waals surface area contributed by atoms with Crippen LogP contribution >= 0.6 is 0 Å². The molecule has 49 heavy (non-hydrogen) atoms. The molecule has 0 saturated carbocycles. The number of hydrogen-bond acceptors (Lipinski definition) is 8. The highest BCUT2D eigenvalue weighted by molar-refractivity contribution is 7.90. The van der Waals surface area contributed by atoms with Crippen LogP contribution in [0.4, 0.5) is 26.3 Å². The molecule has 2 N–H and O–H groups in total. The summed E-state index contributed by atoms with van der Waals surface area (Å²) in [6.45, 7) is -2.75. The number of aryl methyl sites for hydroxylation is 2. The summed E-state index contributed by atoms with van der Waals surface area (Å²) in [4.78, 5) is 15.8. The van der Waals surface area contributed by atoms with Crippen LogP contribution in [-0.2, 0) is 34.2 Å². The van der Waals surface area contributed by atoms with E-state index >= 15 is 4.39 Å². The number of aliphatic hydroxyl groups is 1. The number of benzene rings is 3. The van der Waals surface area contributed by atoms with Gasteiger partial charge in [-0.3, -0.25) is 9.48 Å². The molecule has 5 aromatic rings. The van der Waals surface area contributed by atoms with Gasteiger partial charge in [0.15, 0.2) is 33.1 Å². The average Bonchev–Trinajstić information content (AvgIpc) is 3.63. The lowest BCUT2D eigenvalue weighted by Gasteiger charge is -2.14. The van der Waals surface area contributed by atoms with Crippen molar-refractivity contribution in [1.82, 2.24) is 20.1 Å². The number of aromatic nitrogens is 3. The molecule has 0 unspecified atom stereocenters. The van der Waals surface area contributed by atoms with Gasteiger partial charge in [-0.15, -0.1) is 0 Å². The number of halogens is 6. The second-order valence-electron chi connectivity index (χ2n) is 10.8. The van der Waals surface area contributed by atoms with E-state index in [1.165, 1.54) is 38.2 Å². The van der Waals surface area contributed by atoms with Crippen LogP contribution in [0.3, 0.4) is 0 Å². The zero-order valence-corrected chi connectivity index (χ0v) is 26.8. The highest BCUT2D eigenvalue weighted by Crippen LogP contribution is 2.43. The third kappa shape index (κ3) is 6.76. The zero-order valence-electron chi connectivity index (χ0n) is 26.0. The number of amides is 1. The molecule has 0 atom stereocenters. The Morgan fingerprint density at radius 2 is 1.69 bits per heavy atom. The van der Waals surface area contributed by atoms with Gasteiger partial charge < -0.3 is 19.6 Å². The molecule has 5 rings (SSSR count). The molecular formula is C32H26F6N4O6S. The maximum Gasteiger partial charge on any atom is 0.387 e. The van der Waals surface area contributed by atoms with Crippen LogP contribution in [0, 0.1) is 18.6 Å². The zero-order chi connectivity index (χ0) is 36.0. The summed E-state index contributed by atoms with van der Waals surface area (Å²) in [5.41, 5.74) is -0.816. The molecule has 0 bridgehead atoms. The fraction of sp³-hybridized carbons (Fsp3) is 0.219. The molecule has 2 aromatic heterocycles. The maximum atomic E-state index is 15.1.